The van der Waals surface area contributed by atoms with Crippen molar-refractivity contribution in [1.82, 2.24) is 0 Å². The highest BCUT2D eigenvalue weighted by Gasteiger charge is 2.19. The lowest BCUT2D eigenvalue weighted by molar-refractivity contribution is 0.623. The fourth-order valence-corrected chi connectivity index (χ4v) is 2.45. The van der Waals surface area contributed by atoms with Crippen LogP contribution in [0.2, 0.25) is 0 Å². The van der Waals surface area contributed by atoms with Crippen molar-refractivity contribution in [3.05, 3.63) is 17.9 Å². The normalized spacial score (nSPS) is 18.9. The predicted octanol–water partition coefficient (Wildman–Crippen LogP) is 2.26. The van der Waals surface area contributed by atoms with Crippen LogP contribution >= 0.6 is 0 Å². The fraction of sp³-hybridized carbons (Fsp3) is 0.500. The second kappa shape index (κ2) is 3.85. The van der Waals surface area contributed by atoms with Gasteiger partial charge in [-0.25, -0.2) is 4.39 Å². The van der Waals surface area contributed by atoms with Gasteiger partial charge in [-0.15, -0.1) is 0 Å². The number of hydrogen-bond acceptors (Lipinski definition) is 3. The van der Waals surface area contributed by atoms with Gasteiger partial charge in [0.2, 0.25) is 0 Å². The number of nitrogens with one attached hydrogen (secondary N) is 2. The van der Waals surface area contributed by atoms with E-state index >= 15 is 0 Å². The molecule has 1 saturated heterocycles. The highest BCUT2D eigenvalue weighted by atomic mass is 19.1. The van der Waals surface area contributed by atoms with E-state index < -0.39 is 0 Å². The predicted molar refractivity (Wildman–Crippen MR) is 64.8 cm³/mol. The number of halogens is 1. The molecule has 0 aliphatic carbocycles. The maximum absolute atomic E-state index is 13.9. The van der Waals surface area contributed by atoms with Gasteiger partial charge >= 0.3 is 0 Å². The van der Waals surface area contributed by atoms with Gasteiger partial charge in [0.05, 0.1) is 17.1 Å². The molecule has 3 nitrogen and oxygen atoms in total. The van der Waals surface area contributed by atoms with Crippen LogP contribution < -0.4 is 15.5 Å². The summed E-state index contributed by atoms with van der Waals surface area (Å²) in [7, 11) is 0. The molecule has 0 radical (unpaired) electrons. The van der Waals surface area contributed by atoms with E-state index in [4.69, 9.17) is 0 Å². The third kappa shape index (κ3) is 1.58. The van der Waals surface area contributed by atoms with Crippen molar-refractivity contribution in [2.75, 3.05) is 41.7 Å². The summed E-state index contributed by atoms with van der Waals surface area (Å²) in [6.07, 6.45) is 2.34. The first-order chi connectivity index (χ1) is 7.84. The van der Waals surface area contributed by atoms with Crippen LogP contribution in [0.1, 0.15) is 12.8 Å². The minimum absolute atomic E-state index is 0.114. The highest BCUT2D eigenvalue weighted by Crippen LogP contribution is 2.33. The molecular formula is C12H16FN3. The molecule has 1 aromatic carbocycles. The molecule has 4 heteroatoms. The van der Waals surface area contributed by atoms with Crippen LogP contribution in [0.5, 0.6) is 0 Å². The molecular weight excluding hydrogens is 205 g/mol. The van der Waals surface area contributed by atoms with Gasteiger partial charge in [-0.1, -0.05) is 0 Å². The molecule has 0 saturated carbocycles. The quantitative estimate of drug-likeness (QED) is 0.761. The molecule has 16 heavy (non-hydrogen) atoms. The molecule has 0 unspecified atom stereocenters. The number of hydrogen-bond donors (Lipinski definition) is 2. The summed E-state index contributed by atoms with van der Waals surface area (Å²) < 4.78 is 13.9. The third-order valence-corrected chi connectivity index (χ3v) is 3.29. The number of fused-ring (bicyclic) bond motifs is 1. The summed E-state index contributed by atoms with van der Waals surface area (Å²) in [5, 5.41) is 6.50. The molecule has 1 fully saturated rings. The van der Waals surface area contributed by atoms with E-state index in [2.05, 4.69) is 15.5 Å². The number of nitrogens with zero attached hydrogens (tertiary/aromatic N) is 1. The van der Waals surface area contributed by atoms with E-state index in [1.165, 1.54) is 12.8 Å². The standard InChI is InChI=1S/C12H16FN3/c13-9-7-10-11(15-4-3-14-10)8-12(9)16-5-1-2-6-16/h7-8,14-15H,1-6H2. The van der Waals surface area contributed by atoms with Crippen LogP contribution in [0.3, 0.4) is 0 Å². The molecule has 3 rings (SSSR count). The van der Waals surface area contributed by atoms with Crippen molar-refractivity contribution >= 4 is 17.1 Å². The number of benzene rings is 1. The topological polar surface area (TPSA) is 27.3 Å². The van der Waals surface area contributed by atoms with Crippen LogP contribution in [0, 0.1) is 5.82 Å². The van der Waals surface area contributed by atoms with E-state index in [0.717, 1.165) is 43.2 Å². The van der Waals surface area contributed by atoms with Crippen LogP contribution in [0.4, 0.5) is 21.5 Å². The maximum atomic E-state index is 13.9. The third-order valence-electron chi connectivity index (χ3n) is 3.29. The first-order valence-corrected chi connectivity index (χ1v) is 5.91. The van der Waals surface area contributed by atoms with Crippen molar-refractivity contribution in [1.29, 1.82) is 0 Å². The van der Waals surface area contributed by atoms with Crippen LogP contribution in [0.15, 0.2) is 12.1 Å². The Kier molecular flexibility index (Phi) is 2.35. The van der Waals surface area contributed by atoms with Crippen LogP contribution in [0.25, 0.3) is 0 Å². The second-order valence-electron chi connectivity index (χ2n) is 4.40. The number of rotatable bonds is 1. The second-order valence-corrected chi connectivity index (χ2v) is 4.40. The molecule has 2 aliphatic heterocycles. The summed E-state index contributed by atoms with van der Waals surface area (Å²) in [4.78, 5) is 2.13. The summed E-state index contributed by atoms with van der Waals surface area (Å²) in [5.41, 5.74) is 2.65. The molecule has 0 spiro atoms. The van der Waals surface area contributed by atoms with Crippen molar-refractivity contribution in [3.63, 3.8) is 0 Å². The Morgan fingerprint density at radius 1 is 1.00 bits per heavy atom. The summed E-state index contributed by atoms with van der Waals surface area (Å²) in [6.45, 7) is 3.71. The largest absolute Gasteiger partial charge is 0.382 e. The van der Waals surface area contributed by atoms with Crippen molar-refractivity contribution < 1.29 is 4.39 Å². The van der Waals surface area contributed by atoms with Gasteiger partial charge in [0.25, 0.3) is 0 Å². The Morgan fingerprint density at radius 2 is 1.62 bits per heavy atom. The Balaban J connectivity index is 1.98. The maximum Gasteiger partial charge on any atom is 0.148 e. The van der Waals surface area contributed by atoms with Gasteiger partial charge in [-0.2, -0.15) is 0 Å². The van der Waals surface area contributed by atoms with E-state index in [9.17, 15) is 4.39 Å². The van der Waals surface area contributed by atoms with Gasteiger partial charge in [-0.3, -0.25) is 0 Å². The zero-order valence-corrected chi connectivity index (χ0v) is 9.22. The molecule has 86 valence electrons. The molecule has 1 aromatic rings. The molecule has 0 amide bonds. The minimum Gasteiger partial charge on any atom is -0.382 e. The average Bonchev–Trinajstić information content (AvgIpc) is 2.81. The van der Waals surface area contributed by atoms with Gasteiger partial charge < -0.3 is 15.5 Å². The molecule has 0 atom stereocenters. The van der Waals surface area contributed by atoms with E-state index in [1.807, 2.05) is 6.07 Å². The van der Waals surface area contributed by atoms with Crippen LogP contribution in [-0.4, -0.2) is 26.2 Å². The lowest BCUT2D eigenvalue weighted by atomic mass is 10.2. The van der Waals surface area contributed by atoms with E-state index in [1.54, 1.807) is 6.07 Å². The van der Waals surface area contributed by atoms with E-state index in [0.29, 0.717) is 0 Å². The van der Waals surface area contributed by atoms with Gasteiger partial charge in [0.15, 0.2) is 0 Å². The highest BCUT2D eigenvalue weighted by molar-refractivity contribution is 5.76. The van der Waals surface area contributed by atoms with Crippen molar-refractivity contribution in [2.45, 2.75) is 12.8 Å². The molecule has 0 bridgehead atoms. The van der Waals surface area contributed by atoms with Crippen molar-refractivity contribution in [3.8, 4) is 0 Å². The zero-order valence-electron chi connectivity index (χ0n) is 9.22. The average molecular weight is 221 g/mol. The lowest BCUT2D eigenvalue weighted by Crippen LogP contribution is -2.23. The molecule has 2 N–H and O–H groups in total. The molecule has 2 aliphatic rings. The monoisotopic (exact) mass is 221 g/mol. The SMILES string of the molecule is Fc1cc2c(cc1N1CCCC1)NCCN2. The molecule has 2 heterocycles. The smallest absolute Gasteiger partial charge is 0.148 e. The first-order valence-electron chi connectivity index (χ1n) is 5.91. The van der Waals surface area contributed by atoms with Gasteiger partial charge in [0, 0.05) is 32.2 Å². The molecule has 0 aromatic heterocycles. The fourth-order valence-electron chi connectivity index (χ4n) is 2.45. The Hall–Kier alpha value is -1.45. The Labute approximate surface area is 94.6 Å². The summed E-state index contributed by atoms with van der Waals surface area (Å²) in [5.74, 6) is -0.114. The summed E-state index contributed by atoms with van der Waals surface area (Å²) in [6, 6.07) is 3.54. The van der Waals surface area contributed by atoms with E-state index in [-0.39, 0.29) is 5.82 Å². The van der Waals surface area contributed by atoms with Crippen molar-refractivity contribution in [2.24, 2.45) is 0 Å². The first kappa shape index (κ1) is 9.75. The lowest BCUT2D eigenvalue weighted by Gasteiger charge is -2.24. The van der Waals surface area contributed by atoms with Crippen LogP contribution in [-0.2, 0) is 0 Å². The van der Waals surface area contributed by atoms with Gasteiger partial charge in [0.1, 0.15) is 5.82 Å². The Bertz CT molecular complexity index is 399. The zero-order chi connectivity index (χ0) is 11.0. The summed E-state index contributed by atoms with van der Waals surface area (Å²) >= 11 is 0. The number of anilines is 3. The Morgan fingerprint density at radius 3 is 2.31 bits per heavy atom. The minimum atomic E-state index is -0.114. The van der Waals surface area contributed by atoms with Gasteiger partial charge in [-0.05, 0) is 18.9 Å².